The van der Waals surface area contributed by atoms with E-state index in [0.717, 1.165) is 5.56 Å². The summed E-state index contributed by atoms with van der Waals surface area (Å²) in [5, 5.41) is 2.82. The van der Waals surface area contributed by atoms with E-state index in [2.05, 4.69) is 10.3 Å². The number of halogens is 2. The molecule has 9 heteroatoms. The number of ether oxygens (including phenoxy) is 1. The molecule has 0 fully saturated rings. The van der Waals surface area contributed by atoms with Crippen molar-refractivity contribution < 1.29 is 18.7 Å². The zero-order chi connectivity index (χ0) is 20.5. The number of hydrogen-bond donors (Lipinski definition) is 2. The Balaban J connectivity index is 1.66. The molecule has 4 rings (SSSR count). The van der Waals surface area contributed by atoms with Gasteiger partial charge in [-0.05, 0) is 35.9 Å². The van der Waals surface area contributed by atoms with Gasteiger partial charge in [0.2, 0.25) is 5.91 Å². The van der Waals surface area contributed by atoms with Gasteiger partial charge in [0.25, 0.3) is 5.91 Å². The van der Waals surface area contributed by atoms with E-state index in [1.807, 2.05) is 12.1 Å². The number of anilines is 1. The van der Waals surface area contributed by atoms with Gasteiger partial charge in [0.1, 0.15) is 23.7 Å². The molecule has 7 nitrogen and oxygen atoms in total. The number of fused-ring (bicyclic) bond motifs is 1. The van der Waals surface area contributed by atoms with Crippen LogP contribution in [0.15, 0.2) is 48.8 Å². The number of carbonyl (C=O) groups is 2. The fourth-order valence-electron chi connectivity index (χ4n) is 3.26. The highest BCUT2D eigenvalue weighted by Gasteiger charge is 2.31. The van der Waals surface area contributed by atoms with Gasteiger partial charge in [-0.1, -0.05) is 23.7 Å². The van der Waals surface area contributed by atoms with Gasteiger partial charge < -0.3 is 15.8 Å². The van der Waals surface area contributed by atoms with Crippen molar-refractivity contribution in [2.45, 2.75) is 12.3 Å². The van der Waals surface area contributed by atoms with Crippen LogP contribution in [0.4, 0.5) is 10.2 Å². The van der Waals surface area contributed by atoms with Crippen molar-refractivity contribution in [3.63, 3.8) is 0 Å². The van der Waals surface area contributed by atoms with Crippen molar-refractivity contribution in [2.24, 2.45) is 5.73 Å². The Kier molecular flexibility index (Phi) is 4.94. The molecule has 0 aliphatic carbocycles. The van der Waals surface area contributed by atoms with Crippen LogP contribution in [0.1, 0.15) is 23.6 Å². The molecule has 0 radical (unpaired) electrons. The molecule has 2 amide bonds. The molecule has 1 atom stereocenters. The Hall–Kier alpha value is -3.39. The number of imidazole rings is 1. The molecular formula is C20H16ClFN4O3. The van der Waals surface area contributed by atoms with E-state index < -0.39 is 11.7 Å². The lowest BCUT2D eigenvalue weighted by Crippen LogP contribution is -2.25. The quantitative estimate of drug-likeness (QED) is 0.670. The van der Waals surface area contributed by atoms with Crippen molar-refractivity contribution in [1.29, 1.82) is 0 Å². The summed E-state index contributed by atoms with van der Waals surface area (Å²) in [6.07, 6.45) is 1.80. The third kappa shape index (κ3) is 3.79. The number of hydrogen-bond acceptors (Lipinski definition) is 4. The van der Waals surface area contributed by atoms with Gasteiger partial charge in [-0.2, -0.15) is 0 Å². The van der Waals surface area contributed by atoms with Crippen molar-refractivity contribution in [3.05, 3.63) is 70.9 Å². The first kappa shape index (κ1) is 18.9. The number of rotatable bonds is 5. The van der Waals surface area contributed by atoms with Crippen LogP contribution in [0.25, 0.3) is 5.69 Å². The number of nitrogens with zero attached hydrogens (tertiary/aromatic N) is 2. The van der Waals surface area contributed by atoms with E-state index in [0.29, 0.717) is 22.9 Å². The molecule has 2 aromatic carbocycles. The second-order valence-electron chi connectivity index (χ2n) is 6.58. The number of primary amides is 1. The van der Waals surface area contributed by atoms with Gasteiger partial charge in [-0.3, -0.25) is 14.2 Å². The highest BCUT2D eigenvalue weighted by Crippen LogP contribution is 2.38. The fourth-order valence-corrected chi connectivity index (χ4v) is 3.44. The smallest absolute Gasteiger partial charge is 0.255 e. The summed E-state index contributed by atoms with van der Waals surface area (Å²) >= 11 is 5.89. The Morgan fingerprint density at radius 3 is 2.76 bits per heavy atom. The van der Waals surface area contributed by atoms with Gasteiger partial charge in [-0.15, -0.1) is 0 Å². The van der Waals surface area contributed by atoms with Crippen LogP contribution in [-0.4, -0.2) is 28.0 Å². The average molecular weight is 415 g/mol. The standard InChI is InChI=1S/C20H16ClFN4O3/c21-15-7-12(3-6-16(15)22)26-10-24-19-14(8-18(28)25-20(19)26)11-1-4-13(5-2-11)29-9-17(23)27/h1-7,10,14H,8-9H2,(H2,23,27)(H,25,28)/t14-/m0/s1. The minimum atomic E-state index is -0.561. The predicted molar refractivity (Wildman–Crippen MR) is 105 cm³/mol. The van der Waals surface area contributed by atoms with Crippen LogP contribution in [0, 0.1) is 5.82 Å². The van der Waals surface area contributed by atoms with Crippen molar-refractivity contribution >= 4 is 29.2 Å². The lowest BCUT2D eigenvalue weighted by molar-refractivity contribution is -0.120. The molecule has 3 aromatic rings. The van der Waals surface area contributed by atoms with E-state index in [-0.39, 0.29) is 29.9 Å². The van der Waals surface area contributed by atoms with Crippen LogP contribution < -0.4 is 15.8 Å². The minimum absolute atomic E-state index is 0.0183. The highest BCUT2D eigenvalue weighted by atomic mass is 35.5. The van der Waals surface area contributed by atoms with Crippen LogP contribution in [0.2, 0.25) is 5.02 Å². The Morgan fingerprint density at radius 1 is 1.31 bits per heavy atom. The zero-order valence-electron chi connectivity index (χ0n) is 15.1. The van der Waals surface area contributed by atoms with Gasteiger partial charge in [0, 0.05) is 12.3 Å². The maximum absolute atomic E-state index is 13.5. The molecule has 148 valence electrons. The largest absolute Gasteiger partial charge is 0.484 e. The number of nitrogens with one attached hydrogen (secondary N) is 1. The maximum Gasteiger partial charge on any atom is 0.255 e. The monoisotopic (exact) mass is 414 g/mol. The highest BCUT2D eigenvalue weighted by molar-refractivity contribution is 6.30. The first-order valence-electron chi connectivity index (χ1n) is 8.76. The summed E-state index contributed by atoms with van der Waals surface area (Å²) in [7, 11) is 0. The van der Waals surface area contributed by atoms with Gasteiger partial charge in [-0.25, -0.2) is 9.37 Å². The topological polar surface area (TPSA) is 99.2 Å². The molecule has 0 unspecified atom stereocenters. The number of benzene rings is 2. The minimum Gasteiger partial charge on any atom is -0.484 e. The number of aromatic nitrogens is 2. The lowest BCUT2D eigenvalue weighted by Gasteiger charge is -2.23. The van der Waals surface area contributed by atoms with Gasteiger partial charge in [0.15, 0.2) is 6.61 Å². The normalized spacial score (nSPS) is 15.5. The van der Waals surface area contributed by atoms with Crippen LogP contribution in [0.3, 0.4) is 0 Å². The Labute approximate surface area is 170 Å². The number of amides is 2. The summed E-state index contributed by atoms with van der Waals surface area (Å²) < 4.78 is 20.4. The zero-order valence-corrected chi connectivity index (χ0v) is 15.8. The molecule has 29 heavy (non-hydrogen) atoms. The first-order chi connectivity index (χ1) is 13.9. The summed E-state index contributed by atoms with van der Waals surface area (Å²) in [6.45, 7) is -0.208. The van der Waals surface area contributed by atoms with Crippen molar-refractivity contribution in [3.8, 4) is 11.4 Å². The average Bonchev–Trinajstić information content (AvgIpc) is 3.12. The van der Waals surface area contributed by atoms with Crippen molar-refractivity contribution in [1.82, 2.24) is 9.55 Å². The molecular weight excluding hydrogens is 399 g/mol. The third-order valence-corrected chi connectivity index (χ3v) is 4.91. The Bertz CT molecular complexity index is 1100. The molecule has 0 saturated heterocycles. The first-order valence-corrected chi connectivity index (χ1v) is 9.13. The maximum atomic E-state index is 13.5. The molecule has 1 aliphatic heterocycles. The Morgan fingerprint density at radius 2 is 2.07 bits per heavy atom. The second-order valence-corrected chi connectivity index (χ2v) is 6.98. The summed E-state index contributed by atoms with van der Waals surface area (Å²) in [5.74, 6) is -0.491. The number of carbonyl (C=O) groups excluding carboxylic acids is 2. The van der Waals surface area contributed by atoms with Gasteiger partial charge in [0.05, 0.1) is 16.4 Å². The number of nitrogens with two attached hydrogens (primary N) is 1. The molecule has 0 spiro atoms. The third-order valence-electron chi connectivity index (χ3n) is 4.62. The van der Waals surface area contributed by atoms with E-state index in [1.54, 1.807) is 29.1 Å². The molecule has 2 heterocycles. The van der Waals surface area contributed by atoms with Gasteiger partial charge >= 0.3 is 0 Å². The lowest BCUT2D eigenvalue weighted by atomic mass is 9.90. The van der Waals surface area contributed by atoms with E-state index >= 15 is 0 Å². The van der Waals surface area contributed by atoms with E-state index in [9.17, 15) is 14.0 Å². The van der Waals surface area contributed by atoms with E-state index in [1.165, 1.54) is 12.1 Å². The van der Waals surface area contributed by atoms with Crippen LogP contribution in [-0.2, 0) is 9.59 Å². The van der Waals surface area contributed by atoms with Crippen molar-refractivity contribution in [2.75, 3.05) is 11.9 Å². The van der Waals surface area contributed by atoms with Crippen LogP contribution in [0.5, 0.6) is 5.75 Å². The second kappa shape index (κ2) is 7.56. The molecule has 0 bridgehead atoms. The van der Waals surface area contributed by atoms with Crippen LogP contribution >= 0.6 is 11.6 Å². The molecule has 1 aliphatic rings. The molecule has 0 saturated carbocycles. The summed E-state index contributed by atoms with van der Waals surface area (Å²) in [4.78, 5) is 27.7. The van der Waals surface area contributed by atoms with E-state index in [4.69, 9.17) is 22.1 Å². The predicted octanol–water partition coefficient (Wildman–Crippen LogP) is 3.00. The molecule has 3 N–H and O–H groups in total. The SMILES string of the molecule is NC(=O)COc1ccc([C@@H]2CC(=O)Nc3c2ncn3-c2ccc(F)c(Cl)c2)cc1. The summed E-state index contributed by atoms with van der Waals surface area (Å²) in [6, 6.07) is 11.3. The molecule has 1 aromatic heterocycles. The summed E-state index contributed by atoms with van der Waals surface area (Å²) in [5.41, 5.74) is 7.22. The fraction of sp³-hybridized carbons (Fsp3) is 0.150.